The summed E-state index contributed by atoms with van der Waals surface area (Å²) >= 11 is 0. The molecule has 0 radical (unpaired) electrons. The molecule has 0 fully saturated rings. The van der Waals surface area contributed by atoms with Crippen molar-refractivity contribution in [3.05, 3.63) is 12.3 Å². The van der Waals surface area contributed by atoms with Gasteiger partial charge in [0.25, 0.3) is 0 Å². The molecule has 0 amide bonds. The highest BCUT2D eigenvalue weighted by Crippen LogP contribution is 2.13. The maximum Gasteiger partial charge on any atom is 0.224 e. The van der Waals surface area contributed by atoms with Crippen LogP contribution in [-0.2, 0) is 4.74 Å². The van der Waals surface area contributed by atoms with E-state index in [2.05, 4.69) is 34.0 Å². The van der Waals surface area contributed by atoms with Gasteiger partial charge in [0.05, 0.1) is 6.61 Å². The second-order valence-electron chi connectivity index (χ2n) is 4.60. The first kappa shape index (κ1) is 14.7. The standard InChI is InChI=1S/C13H24N4O/c1-5-14-13-15-7-6-12(16-13)17(8-9-18-4)10-11(2)3/h6-7,11H,5,8-10H2,1-4H3,(H,14,15,16). The Hall–Kier alpha value is -1.36. The van der Waals surface area contributed by atoms with Crippen LogP contribution < -0.4 is 10.2 Å². The SMILES string of the molecule is CCNc1nccc(N(CCOC)CC(C)C)n1. The third-order valence-corrected chi connectivity index (χ3v) is 2.45. The first-order valence-electron chi connectivity index (χ1n) is 6.48. The molecular weight excluding hydrogens is 228 g/mol. The maximum absolute atomic E-state index is 5.15. The number of rotatable bonds is 8. The lowest BCUT2D eigenvalue weighted by Gasteiger charge is -2.25. The molecule has 5 heteroatoms. The number of anilines is 2. The molecule has 0 saturated heterocycles. The molecule has 1 aromatic heterocycles. The van der Waals surface area contributed by atoms with Crippen molar-refractivity contribution < 1.29 is 4.74 Å². The molecule has 0 atom stereocenters. The summed E-state index contributed by atoms with van der Waals surface area (Å²) in [6.45, 7) is 9.77. The van der Waals surface area contributed by atoms with E-state index in [0.717, 1.165) is 25.5 Å². The highest BCUT2D eigenvalue weighted by molar-refractivity contribution is 5.42. The zero-order chi connectivity index (χ0) is 13.4. The first-order chi connectivity index (χ1) is 8.67. The van der Waals surface area contributed by atoms with Crippen molar-refractivity contribution in [3.8, 4) is 0 Å². The summed E-state index contributed by atoms with van der Waals surface area (Å²) in [5, 5.41) is 3.13. The Morgan fingerprint density at radius 3 is 2.83 bits per heavy atom. The van der Waals surface area contributed by atoms with Gasteiger partial charge >= 0.3 is 0 Å². The quantitative estimate of drug-likeness (QED) is 0.767. The minimum absolute atomic E-state index is 0.583. The van der Waals surface area contributed by atoms with Crippen molar-refractivity contribution >= 4 is 11.8 Å². The Morgan fingerprint density at radius 1 is 1.44 bits per heavy atom. The molecule has 0 aliphatic rings. The van der Waals surface area contributed by atoms with Crippen LogP contribution in [0.5, 0.6) is 0 Å². The molecule has 5 nitrogen and oxygen atoms in total. The average molecular weight is 252 g/mol. The Kier molecular flexibility index (Phi) is 6.43. The van der Waals surface area contributed by atoms with Crippen molar-refractivity contribution in [2.45, 2.75) is 20.8 Å². The van der Waals surface area contributed by atoms with Crippen LogP contribution in [0.3, 0.4) is 0 Å². The minimum atomic E-state index is 0.583. The second-order valence-corrected chi connectivity index (χ2v) is 4.60. The number of methoxy groups -OCH3 is 1. The number of ether oxygens (including phenoxy) is 1. The van der Waals surface area contributed by atoms with E-state index in [0.29, 0.717) is 18.5 Å². The molecule has 1 heterocycles. The Labute approximate surface area is 110 Å². The van der Waals surface area contributed by atoms with Crippen LogP contribution in [0.4, 0.5) is 11.8 Å². The van der Waals surface area contributed by atoms with Gasteiger partial charge in [-0.1, -0.05) is 13.8 Å². The fourth-order valence-electron chi connectivity index (χ4n) is 1.71. The minimum Gasteiger partial charge on any atom is -0.383 e. The van der Waals surface area contributed by atoms with Crippen LogP contribution in [0.15, 0.2) is 12.3 Å². The van der Waals surface area contributed by atoms with Crippen molar-refractivity contribution in [1.29, 1.82) is 0 Å². The fraction of sp³-hybridized carbons (Fsp3) is 0.692. The smallest absolute Gasteiger partial charge is 0.224 e. The van der Waals surface area contributed by atoms with Crippen molar-refractivity contribution in [3.63, 3.8) is 0 Å². The summed E-state index contributed by atoms with van der Waals surface area (Å²) in [6.07, 6.45) is 1.79. The Bertz CT molecular complexity index is 344. The third-order valence-electron chi connectivity index (χ3n) is 2.45. The molecule has 0 spiro atoms. The highest BCUT2D eigenvalue weighted by Gasteiger charge is 2.10. The molecule has 102 valence electrons. The van der Waals surface area contributed by atoms with Crippen molar-refractivity contribution in [2.75, 3.05) is 43.6 Å². The lowest BCUT2D eigenvalue weighted by atomic mass is 10.2. The predicted octanol–water partition coefficient (Wildman–Crippen LogP) is 2.02. The zero-order valence-electron chi connectivity index (χ0n) is 11.8. The molecule has 0 bridgehead atoms. The second kappa shape index (κ2) is 7.87. The zero-order valence-corrected chi connectivity index (χ0v) is 11.8. The van der Waals surface area contributed by atoms with Gasteiger partial charge in [0.2, 0.25) is 5.95 Å². The van der Waals surface area contributed by atoms with E-state index in [4.69, 9.17) is 4.74 Å². The summed E-state index contributed by atoms with van der Waals surface area (Å²) < 4.78 is 5.15. The van der Waals surface area contributed by atoms with Crippen LogP contribution in [0, 0.1) is 5.92 Å². The van der Waals surface area contributed by atoms with E-state index in [-0.39, 0.29) is 0 Å². The molecular formula is C13H24N4O. The first-order valence-corrected chi connectivity index (χ1v) is 6.48. The van der Waals surface area contributed by atoms with Gasteiger partial charge in [-0.05, 0) is 18.9 Å². The molecule has 1 rings (SSSR count). The molecule has 1 N–H and O–H groups in total. The number of hydrogen-bond donors (Lipinski definition) is 1. The van der Waals surface area contributed by atoms with Crippen molar-refractivity contribution in [1.82, 2.24) is 9.97 Å². The molecule has 0 saturated carbocycles. The van der Waals surface area contributed by atoms with Gasteiger partial charge in [-0.2, -0.15) is 4.98 Å². The van der Waals surface area contributed by atoms with E-state index in [9.17, 15) is 0 Å². The molecule has 1 aromatic rings. The fourth-order valence-corrected chi connectivity index (χ4v) is 1.71. The van der Waals surface area contributed by atoms with Crippen LogP contribution >= 0.6 is 0 Å². The molecule has 0 aliphatic heterocycles. The normalized spacial score (nSPS) is 10.7. The largest absolute Gasteiger partial charge is 0.383 e. The van der Waals surface area contributed by atoms with E-state index in [1.807, 2.05) is 13.0 Å². The molecule has 0 aromatic carbocycles. The summed E-state index contributed by atoms with van der Waals surface area (Å²) in [5.74, 6) is 2.22. The van der Waals surface area contributed by atoms with Gasteiger partial charge < -0.3 is 15.0 Å². The Balaban J connectivity index is 2.78. The molecule has 18 heavy (non-hydrogen) atoms. The van der Waals surface area contributed by atoms with Gasteiger partial charge in [-0.25, -0.2) is 4.98 Å². The molecule has 0 unspecified atom stereocenters. The monoisotopic (exact) mass is 252 g/mol. The van der Waals surface area contributed by atoms with E-state index < -0.39 is 0 Å². The third kappa shape index (κ3) is 4.87. The lowest BCUT2D eigenvalue weighted by molar-refractivity contribution is 0.204. The molecule has 0 aliphatic carbocycles. The predicted molar refractivity (Wildman–Crippen MR) is 75.1 cm³/mol. The Morgan fingerprint density at radius 2 is 2.22 bits per heavy atom. The van der Waals surface area contributed by atoms with Gasteiger partial charge in [0.15, 0.2) is 0 Å². The van der Waals surface area contributed by atoms with Crippen LogP contribution in [-0.4, -0.2) is 43.3 Å². The lowest BCUT2D eigenvalue weighted by Crippen LogP contribution is -2.31. The maximum atomic E-state index is 5.15. The van der Waals surface area contributed by atoms with E-state index in [1.54, 1.807) is 13.3 Å². The number of nitrogens with one attached hydrogen (secondary N) is 1. The van der Waals surface area contributed by atoms with E-state index in [1.165, 1.54) is 0 Å². The summed E-state index contributed by atoms with van der Waals surface area (Å²) in [6, 6.07) is 1.94. The van der Waals surface area contributed by atoms with Gasteiger partial charge in [0, 0.05) is 32.9 Å². The van der Waals surface area contributed by atoms with Gasteiger partial charge in [-0.3, -0.25) is 0 Å². The van der Waals surface area contributed by atoms with Crippen LogP contribution in [0.2, 0.25) is 0 Å². The van der Waals surface area contributed by atoms with E-state index >= 15 is 0 Å². The summed E-state index contributed by atoms with van der Waals surface area (Å²) in [5.41, 5.74) is 0. The number of hydrogen-bond acceptors (Lipinski definition) is 5. The number of nitrogens with zero attached hydrogens (tertiary/aromatic N) is 3. The topological polar surface area (TPSA) is 50.3 Å². The summed E-state index contributed by atoms with van der Waals surface area (Å²) in [7, 11) is 1.72. The number of aromatic nitrogens is 2. The van der Waals surface area contributed by atoms with Crippen LogP contribution in [0.25, 0.3) is 0 Å². The highest BCUT2D eigenvalue weighted by atomic mass is 16.5. The van der Waals surface area contributed by atoms with Gasteiger partial charge in [0.1, 0.15) is 5.82 Å². The van der Waals surface area contributed by atoms with Crippen molar-refractivity contribution in [2.24, 2.45) is 5.92 Å². The van der Waals surface area contributed by atoms with Gasteiger partial charge in [-0.15, -0.1) is 0 Å². The average Bonchev–Trinajstić information content (AvgIpc) is 2.35. The summed E-state index contributed by atoms with van der Waals surface area (Å²) in [4.78, 5) is 10.9. The van der Waals surface area contributed by atoms with Crippen LogP contribution in [0.1, 0.15) is 20.8 Å².